The fraction of sp³-hybridized carbons (Fsp3) is 0.412. The monoisotopic (exact) mass is 330 g/mol. The molecule has 0 heterocycles. The number of carbonyl (C=O) groups is 1. The molecule has 0 aromatic heterocycles. The van der Waals surface area contributed by atoms with Gasteiger partial charge in [-0.25, -0.2) is 0 Å². The fourth-order valence-electron chi connectivity index (χ4n) is 3.25. The molecule has 0 unspecified atom stereocenters. The number of thiocarbonyl (C=S) groups is 1. The highest BCUT2D eigenvalue weighted by atomic mass is 32.1. The van der Waals surface area contributed by atoms with Gasteiger partial charge in [0, 0.05) is 31.4 Å². The lowest BCUT2D eigenvalue weighted by molar-refractivity contribution is 0.0943. The van der Waals surface area contributed by atoms with Crippen LogP contribution in [0.5, 0.6) is 0 Å². The summed E-state index contributed by atoms with van der Waals surface area (Å²) in [7, 11) is 3.93. The van der Waals surface area contributed by atoms with Gasteiger partial charge in [0.05, 0.1) is 0 Å². The Hall–Kier alpha value is -2.08. The Labute approximate surface area is 142 Å². The van der Waals surface area contributed by atoms with E-state index < -0.39 is 0 Å². The fourth-order valence-corrected chi connectivity index (χ4v) is 3.45. The first-order valence-electron chi connectivity index (χ1n) is 7.85. The number of nitrogens with one attached hydrogen (secondary N) is 3. The maximum Gasteiger partial charge on any atom is 0.269 e. The molecular formula is C17H22N4OS. The smallest absolute Gasteiger partial charge is 0.269 e. The van der Waals surface area contributed by atoms with Crippen LogP contribution in [0.15, 0.2) is 36.4 Å². The van der Waals surface area contributed by atoms with Crippen molar-refractivity contribution in [1.82, 2.24) is 16.2 Å². The molecule has 0 aliphatic heterocycles. The molecule has 3 atom stereocenters. The first-order valence-corrected chi connectivity index (χ1v) is 8.26. The molecule has 6 heteroatoms. The average Bonchev–Trinajstić information content (AvgIpc) is 3.15. The van der Waals surface area contributed by atoms with E-state index in [-0.39, 0.29) is 5.91 Å². The van der Waals surface area contributed by atoms with Crippen LogP contribution in [-0.2, 0) is 0 Å². The summed E-state index contributed by atoms with van der Waals surface area (Å²) in [6, 6.07) is 7.79. The molecular weight excluding hydrogens is 308 g/mol. The summed E-state index contributed by atoms with van der Waals surface area (Å²) in [6.45, 7) is 0. The molecule has 2 aliphatic rings. The maximum absolute atomic E-state index is 12.1. The van der Waals surface area contributed by atoms with E-state index in [1.54, 1.807) is 12.1 Å². The number of hydrogen-bond donors (Lipinski definition) is 3. The topological polar surface area (TPSA) is 56.4 Å². The summed E-state index contributed by atoms with van der Waals surface area (Å²) in [5.41, 5.74) is 7.08. The van der Waals surface area contributed by atoms with Gasteiger partial charge >= 0.3 is 0 Å². The SMILES string of the molecule is CN(C)c1ccc(C(=O)NNC(=S)N[C@H]2C[C@H]3C=C[C@@H]2C3)cc1. The summed E-state index contributed by atoms with van der Waals surface area (Å²) < 4.78 is 0. The van der Waals surface area contributed by atoms with E-state index in [0.717, 1.165) is 12.1 Å². The number of nitrogens with zero attached hydrogens (tertiary/aromatic N) is 1. The van der Waals surface area contributed by atoms with E-state index in [4.69, 9.17) is 12.2 Å². The van der Waals surface area contributed by atoms with E-state index in [2.05, 4.69) is 28.3 Å². The Kier molecular flexibility index (Phi) is 4.52. The highest BCUT2D eigenvalue weighted by Gasteiger charge is 2.35. The number of allylic oxidation sites excluding steroid dienone is 1. The van der Waals surface area contributed by atoms with Gasteiger partial charge in [-0.2, -0.15) is 0 Å². The second-order valence-corrected chi connectivity index (χ2v) is 6.79. The van der Waals surface area contributed by atoms with Gasteiger partial charge < -0.3 is 10.2 Å². The van der Waals surface area contributed by atoms with Crippen molar-refractivity contribution in [3.8, 4) is 0 Å². The predicted octanol–water partition coefficient (Wildman–Crippen LogP) is 1.83. The van der Waals surface area contributed by atoms with Crippen molar-refractivity contribution < 1.29 is 4.79 Å². The van der Waals surface area contributed by atoms with Gasteiger partial charge in [0.1, 0.15) is 0 Å². The molecule has 0 radical (unpaired) electrons. The number of anilines is 1. The first-order chi connectivity index (χ1) is 11.0. The molecule has 0 spiro atoms. The average molecular weight is 330 g/mol. The highest BCUT2D eigenvalue weighted by molar-refractivity contribution is 7.80. The van der Waals surface area contributed by atoms with Gasteiger partial charge in [-0.15, -0.1) is 0 Å². The highest BCUT2D eigenvalue weighted by Crippen LogP contribution is 2.38. The molecule has 1 aromatic carbocycles. The lowest BCUT2D eigenvalue weighted by Crippen LogP contribution is -2.50. The van der Waals surface area contributed by atoms with Crippen LogP contribution in [0.3, 0.4) is 0 Å². The summed E-state index contributed by atoms with van der Waals surface area (Å²) in [5, 5.41) is 3.76. The van der Waals surface area contributed by atoms with E-state index in [1.807, 2.05) is 31.1 Å². The van der Waals surface area contributed by atoms with Crippen molar-refractivity contribution >= 4 is 28.9 Å². The first kappa shape index (κ1) is 15.8. The van der Waals surface area contributed by atoms with Crippen LogP contribution >= 0.6 is 12.2 Å². The number of hydrogen-bond acceptors (Lipinski definition) is 3. The van der Waals surface area contributed by atoms with Gasteiger partial charge in [-0.1, -0.05) is 12.2 Å². The van der Waals surface area contributed by atoms with Gasteiger partial charge in [-0.05, 0) is 61.2 Å². The summed E-state index contributed by atoms with van der Waals surface area (Å²) in [4.78, 5) is 14.1. The number of hydrazine groups is 1. The van der Waals surface area contributed by atoms with Crippen molar-refractivity contribution in [1.29, 1.82) is 0 Å². The van der Waals surface area contributed by atoms with Crippen molar-refractivity contribution in [2.75, 3.05) is 19.0 Å². The lowest BCUT2D eigenvalue weighted by atomic mass is 10.0. The van der Waals surface area contributed by atoms with Gasteiger partial charge in [0.2, 0.25) is 0 Å². The van der Waals surface area contributed by atoms with Crippen molar-refractivity contribution in [2.24, 2.45) is 11.8 Å². The third-order valence-corrected chi connectivity index (χ3v) is 4.75. The summed E-state index contributed by atoms with van der Waals surface area (Å²) in [6.07, 6.45) is 6.88. The zero-order valence-corrected chi connectivity index (χ0v) is 14.2. The Bertz CT molecular complexity index is 626. The van der Waals surface area contributed by atoms with Crippen molar-refractivity contribution in [3.05, 3.63) is 42.0 Å². The molecule has 5 nitrogen and oxygen atoms in total. The molecule has 3 N–H and O–H groups in total. The van der Waals surface area contributed by atoms with Gasteiger partial charge in [-0.3, -0.25) is 15.6 Å². The number of fused-ring (bicyclic) bond motifs is 2. The molecule has 1 amide bonds. The van der Waals surface area contributed by atoms with E-state index >= 15 is 0 Å². The predicted molar refractivity (Wildman–Crippen MR) is 96.2 cm³/mol. The molecule has 1 saturated carbocycles. The molecule has 1 fully saturated rings. The molecule has 0 saturated heterocycles. The van der Waals surface area contributed by atoms with Crippen LogP contribution in [0.4, 0.5) is 5.69 Å². The normalized spacial score (nSPS) is 24.3. The van der Waals surface area contributed by atoms with E-state index in [1.165, 1.54) is 6.42 Å². The van der Waals surface area contributed by atoms with Gasteiger partial charge in [0.15, 0.2) is 5.11 Å². The van der Waals surface area contributed by atoms with Crippen LogP contribution in [-0.4, -0.2) is 31.2 Å². The minimum Gasteiger partial charge on any atom is -0.378 e. The Morgan fingerprint density at radius 1 is 1.13 bits per heavy atom. The Morgan fingerprint density at radius 3 is 2.43 bits per heavy atom. The maximum atomic E-state index is 12.1. The van der Waals surface area contributed by atoms with E-state index in [0.29, 0.717) is 28.6 Å². The van der Waals surface area contributed by atoms with Crippen LogP contribution in [0, 0.1) is 11.8 Å². The van der Waals surface area contributed by atoms with Crippen molar-refractivity contribution in [3.63, 3.8) is 0 Å². The molecule has 1 aromatic rings. The second-order valence-electron chi connectivity index (χ2n) is 6.38. The third kappa shape index (κ3) is 3.64. The van der Waals surface area contributed by atoms with Crippen LogP contribution in [0.2, 0.25) is 0 Å². The molecule has 2 bridgehead atoms. The lowest BCUT2D eigenvalue weighted by Gasteiger charge is -2.22. The minimum absolute atomic E-state index is 0.202. The quantitative estimate of drug-likeness (QED) is 0.448. The Morgan fingerprint density at radius 2 is 1.87 bits per heavy atom. The number of carbonyl (C=O) groups excluding carboxylic acids is 1. The molecule has 3 rings (SSSR count). The molecule has 2 aliphatic carbocycles. The third-order valence-electron chi connectivity index (χ3n) is 4.53. The van der Waals surface area contributed by atoms with Gasteiger partial charge in [0.25, 0.3) is 5.91 Å². The van der Waals surface area contributed by atoms with Crippen LogP contribution in [0.25, 0.3) is 0 Å². The largest absolute Gasteiger partial charge is 0.378 e. The number of benzene rings is 1. The Balaban J connectivity index is 1.46. The van der Waals surface area contributed by atoms with E-state index in [9.17, 15) is 4.79 Å². The van der Waals surface area contributed by atoms with Crippen LogP contribution in [0.1, 0.15) is 23.2 Å². The zero-order valence-electron chi connectivity index (χ0n) is 13.4. The summed E-state index contributed by atoms with van der Waals surface area (Å²) >= 11 is 5.26. The molecule has 23 heavy (non-hydrogen) atoms. The standard InChI is InChI=1S/C17H22N4OS/c1-21(2)14-7-5-12(6-8-14)16(22)19-20-17(23)18-15-10-11-3-4-13(15)9-11/h3-8,11,13,15H,9-10H2,1-2H3,(H,19,22)(H2,18,20,23)/t11-,13+,15-/m0/s1. The zero-order chi connectivity index (χ0) is 16.4. The minimum atomic E-state index is -0.202. The van der Waals surface area contributed by atoms with Crippen molar-refractivity contribution in [2.45, 2.75) is 18.9 Å². The number of amides is 1. The van der Waals surface area contributed by atoms with Crippen LogP contribution < -0.4 is 21.1 Å². The second kappa shape index (κ2) is 6.58. The molecule has 122 valence electrons. The summed E-state index contributed by atoms with van der Waals surface area (Å²) in [5.74, 6) is 1.05. The number of rotatable bonds is 3.